The standard InChI is InChI=1S/C19H20F2N2O3S/c1-2-26-18(25)19(9-13-4-5-14(20)8-15(13)21)6-3-7-23(11-19)17(24)16-10-27-12-22-16/h4-5,8,10,12H,2-3,6-7,9,11H2,1H3. The molecule has 1 aliphatic rings. The van der Waals surface area contributed by atoms with E-state index >= 15 is 0 Å². The van der Waals surface area contributed by atoms with Crippen LogP contribution in [-0.2, 0) is 16.0 Å². The van der Waals surface area contributed by atoms with Crippen molar-refractivity contribution in [3.8, 4) is 0 Å². The minimum absolute atomic E-state index is 0.0405. The van der Waals surface area contributed by atoms with Crippen molar-refractivity contribution in [2.45, 2.75) is 26.2 Å². The minimum Gasteiger partial charge on any atom is -0.466 e. The Bertz CT molecular complexity index is 828. The summed E-state index contributed by atoms with van der Waals surface area (Å²) in [5, 5.41) is 1.66. The van der Waals surface area contributed by atoms with Gasteiger partial charge in [0.15, 0.2) is 0 Å². The van der Waals surface area contributed by atoms with Crippen LogP contribution in [0.25, 0.3) is 0 Å². The molecule has 0 aliphatic carbocycles. The predicted molar refractivity (Wildman–Crippen MR) is 96.4 cm³/mol. The number of hydrogen-bond acceptors (Lipinski definition) is 5. The number of amides is 1. The lowest BCUT2D eigenvalue weighted by Gasteiger charge is -2.41. The summed E-state index contributed by atoms with van der Waals surface area (Å²) in [6.45, 7) is 2.49. The van der Waals surface area contributed by atoms with Crippen LogP contribution in [0, 0.1) is 17.0 Å². The van der Waals surface area contributed by atoms with Crippen LogP contribution in [0.15, 0.2) is 29.1 Å². The van der Waals surface area contributed by atoms with Crippen molar-refractivity contribution in [3.63, 3.8) is 0 Å². The first kappa shape index (κ1) is 19.4. The molecule has 1 unspecified atom stereocenters. The number of thiazole rings is 1. The van der Waals surface area contributed by atoms with Gasteiger partial charge in [-0.1, -0.05) is 6.07 Å². The molecule has 1 aliphatic heterocycles. The first-order valence-corrected chi connectivity index (χ1v) is 9.68. The maximum absolute atomic E-state index is 14.2. The first-order valence-electron chi connectivity index (χ1n) is 8.74. The number of carbonyl (C=O) groups is 2. The second-order valence-corrected chi connectivity index (χ2v) is 7.34. The lowest BCUT2D eigenvalue weighted by Crippen LogP contribution is -2.51. The average molecular weight is 394 g/mol. The topological polar surface area (TPSA) is 59.5 Å². The molecule has 8 heteroatoms. The average Bonchev–Trinajstić information content (AvgIpc) is 3.18. The summed E-state index contributed by atoms with van der Waals surface area (Å²) >= 11 is 1.32. The van der Waals surface area contributed by atoms with E-state index in [9.17, 15) is 18.4 Å². The van der Waals surface area contributed by atoms with E-state index in [4.69, 9.17) is 4.74 Å². The van der Waals surface area contributed by atoms with E-state index in [1.165, 1.54) is 17.4 Å². The minimum atomic E-state index is -1.07. The van der Waals surface area contributed by atoms with Gasteiger partial charge >= 0.3 is 5.97 Å². The van der Waals surface area contributed by atoms with Crippen molar-refractivity contribution in [3.05, 3.63) is 52.0 Å². The van der Waals surface area contributed by atoms with Gasteiger partial charge in [0.25, 0.3) is 5.91 Å². The van der Waals surface area contributed by atoms with Crippen LogP contribution in [0.4, 0.5) is 8.78 Å². The van der Waals surface area contributed by atoms with E-state index < -0.39 is 23.0 Å². The number of nitrogens with zero attached hydrogens (tertiary/aromatic N) is 2. The van der Waals surface area contributed by atoms with Crippen LogP contribution in [0.3, 0.4) is 0 Å². The highest BCUT2D eigenvalue weighted by Crippen LogP contribution is 2.36. The molecule has 0 spiro atoms. The number of benzene rings is 1. The molecular weight excluding hydrogens is 374 g/mol. The molecule has 0 bridgehead atoms. The summed E-state index contributed by atoms with van der Waals surface area (Å²) in [5.74, 6) is -2.11. The summed E-state index contributed by atoms with van der Waals surface area (Å²) < 4.78 is 32.7. The van der Waals surface area contributed by atoms with Crippen molar-refractivity contribution in [2.75, 3.05) is 19.7 Å². The van der Waals surface area contributed by atoms with Crippen LogP contribution < -0.4 is 0 Å². The van der Waals surface area contributed by atoms with Crippen LogP contribution in [-0.4, -0.2) is 41.5 Å². The Labute approximate surface area is 160 Å². The number of likely N-dealkylation sites (tertiary alicyclic amines) is 1. The van der Waals surface area contributed by atoms with Gasteiger partial charge in [-0.25, -0.2) is 13.8 Å². The molecule has 1 fully saturated rings. The number of hydrogen-bond donors (Lipinski definition) is 0. The summed E-state index contributed by atoms with van der Waals surface area (Å²) in [7, 11) is 0. The van der Waals surface area contributed by atoms with Crippen molar-refractivity contribution in [1.29, 1.82) is 0 Å². The van der Waals surface area contributed by atoms with E-state index in [2.05, 4.69) is 4.98 Å². The molecule has 1 aromatic carbocycles. The second-order valence-electron chi connectivity index (χ2n) is 6.62. The number of esters is 1. The lowest BCUT2D eigenvalue weighted by atomic mass is 9.75. The molecule has 0 saturated carbocycles. The summed E-state index contributed by atoms with van der Waals surface area (Å²) in [6.07, 6.45) is 1.08. The zero-order valence-electron chi connectivity index (χ0n) is 14.9. The Kier molecular flexibility index (Phi) is 5.84. The van der Waals surface area contributed by atoms with Crippen LogP contribution in [0.2, 0.25) is 0 Å². The molecule has 1 atom stereocenters. The van der Waals surface area contributed by atoms with E-state index in [1.807, 2.05) is 0 Å². The zero-order valence-corrected chi connectivity index (χ0v) is 15.7. The third-order valence-corrected chi connectivity index (χ3v) is 5.35. The van der Waals surface area contributed by atoms with Crippen LogP contribution in [0.5, 0.6) is 0 Å². The highest BCUT2D eigenvalue weighted by molar-refractivity contribution is 7.07. The molecule has 1 aromatic heterocycles. The molecular formula is C19H20F2N2O3S. The van der Waals surface area contributed by atoms with Crippen LogP contribution in [0.1, 0.15) is 35.8 Å². The Morgan fingerprint density at radius 1 is 1.37 bits per heavy atom. The van der Waals surface area contributed by atoms with Gasteiger partial charge in [-0.05, 0) is 37.8 Å². The quantitative estimate of drug-likeness (QED) is 0.729. The number of carbonyl (C=O) groups excluding carboxylic acids is 2. The highest BCUT2D eigenvalue weighted by Gasteiger charge is 2.45. The van der Waals surface area contributed by atoms with E-state index in [0.717, 1.165) is 12.1 Å². The Morgan fingerprint density at radius 2 is 2.19 bits per heavy atom. The maximum atomic E-state index is 14.2. The van der Waals surface area contributed by atoms with Gasteiger partial charge in [0, 0.05) is 24.5 Å². The Morgan fingerprint density at radius 3 is 2.85 bits per heavy atom. The Balaban J connectivity index is 1.90. The molecule has 1 saturated heterocycles. The summed E-state index contributed by atoms with van der Waals surface area (Å²) in [6, 6.07) is 3.31. The first-order chi connectivity index (χ1) is 12.9. The van der Waals surface area contributed by atoms with Gasteiger partial charge in [-0.15, -0.1) is 11.3 Å². The molecule has 27 heavy (non-hydrogen) atoms. The van der Waals surface area contributed by atoms with Crippen molar-refractivity contribution in [2.24, 2.45) is 5.41 Å². The molecule has 0 radical (unpaired) electrons. The molecule has 2 heterocycles. The fourth-order valence-corrected chi connectivity index (χ4v) is 4.01. The molecule has 5 nitrogen and oxygen atoms in total. The van der Waals surface area contributed by atoms with Crippen molar-refractivity contribution >= 4 is 23.2 Å². The lowest BCUT2D eigenvalue weighted by molar-refractivity contribution is -0.158. The number of halogens is 2. The third kappa shape index (κ3) is 4.16. The second kappa shape index (κ2) is 8.12. The number of aromatic nitrogens is 1. The molecule has 144 valence electrons. The molecule has 3 rings (SSSR count). The Hall–Kier alpha value is -2.35. The smallest absolute Gasteiger partial charge is 0.314 e. The fourth-order valence-electron chi connectivity index (χ4n) is 3.48. The molecule has 2 aromatic rings. The van der Waals surface area contributed by atoms with E-state index in [0.29, 0.717) is 25.1 Å². The normalized spacial score (nSPS) is 19.7. The van der Waals surface area contributed by atoms with Crippen molar-refractivity contribution < 1.29 is 23.1 Å². The van der Waals surface area contributed by atoms with Gasteiger partial charge in [-0.3, -0.25) is 9.59 Å². The number of rotatable bonds is 5. The van der Waals surface area contributed by atoms with Gasteiger partial charge < -0.3 is 9.64 Å². The number of piperidine rings is 1. The maximum Gasteiger partial charge on any atom is 0.314 e. The van der Waals surface area contributed by atoms with Gasteiger partial charge in [0.05, 0.1) is 17.5 Å². The largest absolute Gasteiger partial charge is 0.466 e. The summed E-state index contributed by atoms with van der Waals surface area (Å²) in [4.78, 5) is 31.1. The van der Waals surface area contributed by atoms with Crippen molar-refractivity contribution in [1.82, 2.24) is 9.88 Å². The van der Waals surface area contributed by atoms with Gasteiger partial charge in [0.2, 0.25) is 0 Å². The predicted octanol–water partition coefficient (Wildman–Crippen LogP) is 3.45. The molecule has 0 N–H and O–H groups in total. The monoisotopic (exact) mass is 394 g/mol. The van der Waals surface area contributed by atoms with E-state index in [1.54, 1.807) is 22.7 Å². The summed E-state index contributed by atoms with van der Waals surface area (Å²) in [5.41, 5.74) is 1.06. The third-order valence-electron chi connectivity index (χ3n) is 4.77. The number of ether oxygens (including phenoxy) is 1. The van der Waals surface area contributed by atoms with Gasteiger partial charge in [-0.2, -0.15) is 0 Å². The zero-order chi connectivity index (χ0) is 19.4. The van der Waals surface area contributed by atoms with Crippen LogP contribution >= 0.6 is 11.3 Å². The van der Waals surface area contributed by atoms with Gasteiger partial charge in [0.1, 0.15) is 17.3 Å². The fraction of sp³-hybridized carbons (Fsp3) is 0.421. The highest BCUT2D eigenvalue weighted by atomic mass is 32.1. The SMILES string of the molecule is CCOC(=O)C1(Cc2ccc(F)cc2F)CCCN(C(=O)c2cscn2)C1. The van der Waals surface area contributed by atoms with E-state index in [-0.39, 0.29) is 31.0 Å². The molecule has 1 amide bonds.